The molecule has 1 aliphatic carbocycles. The molecule has 11 heteroatoms. The molecule has 1 saturated carbocycles. The topological polar surface area (TPSA) is 123 Å². The van der Waals surface area contributed by atoms with Crippen LogP contribution in [0.1, 0.15) is 35.0 Å². The van der Waals surface area contributed by atoms with Crippen molar-refractivity contribution in [2.75, 3.05) is 0 Å². The number of nitrogens with zero attached hydrogens (tertiary/aromatic N) is 1. The Hall–Kier alpha value is -2.50. The third-order valence-electron chi connectivity index (χ3n) is 4.15. The minimum Gasteiger partial charge on any atom is -0.360 e. The second-order valence-electron chi connectivity index (χ2n) is 6.24. The van der Waals surface area contributed by atoms with Crippen molar-refractivity contribution in [2.45, 2.75) is 32.8 Å². The molecule has 0 bridgehead atoms. The zero-order chi connectivity index (χ0) is 19.9. The maximum atomic E-state index is 12.6. The number of aromatic nitrogens is 1. The van der Waals surface area contributed by atoms with E-state index in [1.165, 1.54) is 23.6 Å². The van der Waals surface area contributed by atoms with Gasteiger partial charge in [0.2, 0.25) is 9.84 Å². The summed E-state index contributed by atoms with van der Waals surface area (Å²) in [5, 5.41) is 4.82. The van der Waals surface area contributed by atoms with Crippen molar-refractivity contribution in [3.05, 3.63) is 59.3 Å². The summed E-state index contributed by atoms with van der Waals surface area (Å²) in [5.41, 5.74) is -0.140. The lowest BCUT2D eigenvalue weighted by Crippen LogP contribution is -2.30. The number of sulfonamides is 1. The first-order valence-corrected chi connectivity index (χ1v) is 12.0. The van der Waals surface area contributed by atoms with Gasteiger partial charge in [0.25, 0.3) is 15.9 Å². The zero-order valence-electron chi connectivity index (χ0n) is 14.2. The van der Waals surface area contributed by atoms with Gasteiger partial charge in [-0.1, -0.05) is 23.4 Å². The van der Waals surface area contributed by atoms with Crippen LogP contribution in [0.3, 0.4) is 0 Å². The molecule has 28 heavy (non-hydrogen) atoms. The normalized spacial score (nSPS) is 14.7. The Balaban J connectivity index is 1.56. The molecule has 1 fully saturated rings. The monoisotopic (exact) mass is 438 g/mol. The highest BCUT2D eigenvalue weighted by Crippen LogP contribution is 2.40. The molecule has 1 amide bonds. The van der Waals surface area contributed by atoms with Gasteiger partial charge in [-0.25, -0.2) is 21.6 Å². The van der Waals surface area contributed by atoms with Crippen LogP contribution in [0.25, 0.3) is 0 Å². The molecular weight excluding hydrogens is 424 g/mol. The van der Waals surface area contributed by atoms with Crippen LogP contribution in [0, 0.1) is 0 Å². The van der Waals surface area contributed by atoms with Crippen molar-refractivity contribution in [3.63, 3.8) is 0 Å². The molecule has 146 valence electrons. The van der Waals surface area contributed by atoms with Crippen LogP contribution in [0.4, 0.5) is 0 Å². The summed E-state index contributed by atoms with van der Waals surface area (Å²) in [7, 11) is -8.10. The molecule has 0 spiro atoms. The van der Waals surface area contributed by atoms with E-state index in [1.807, 2.05) is 4.72 Å². The molecular formula is C17H14N2O6S3. The third-order valence-corrected chi connectivity index (χ3v) is 8.82. The minimum atomic E-state index is -4.25. The Morgan fingerprint density at radius 3 is 2.46 bits per heavy atom. The molecule has 0 radical (unpaired) electrons. The molecule has 2 heterocycles. The number of nitrogens with one attached hydrogen (secondary N) is 1. The van der Waals surface area contributed by atoms with Gasteiger partial charge in [0.1, 0.15) is 9.97 Å². The first kappa shape index (κ1) is 18.8. The predicted octanol–water partition coefficient (Wildman–Crippen LogP) is 2.57. The Kier molecular flexibility index (Phi) is 4.60. The van der Waals surface area contributed by atoms with E-state index in [2.05, 4.69) is 5.16 Å². The molecule has 0 aliphatic heterocycles. The van der Waals surface area contributed by atoms with Crippen molar-refractivity contribution < 1.29 is 26.2 Å². The number of thiophene rings is 1. The summed E-state index contributed by atoms with van der Waals surface area (Å²) in [5.74, 6) is -0.153. The van der Waals surface area contributed by atoms with E-state index in [1.54, 1.807) is 18.2 Å². The summed E-state index contributed by atoms with van der Waals surface area (Å²) >= 11 is 0.710. The maximum absolute atomic E-state index is 12.6. The molecule has 8 nitrogen and oxygen atoms in total. The van der Waals surface area contributed by atoms with Crippen LogP contribution >= 0.6 is 11.3 Å². The average Bonchev–Trinajstić information content (AvgIpc) is 3.19. The van der Waals surface area contributed by atoms with Crippen LogP contribution < -0.4 is 4.72 Å². The molecule has 0 unspecified atom stereocenters. The first-order valence-electron chi connectivity index (χ1n) is 8.20. The van der Waals surface area contributed by atoms with Gasteiger partial charge in [0.05, 0.1) is 9.79 Å². The van der Waals surface area contributed by atoms with Crippen LogP contribution in [0.15, 0.2) is 66.4 Å². The fourth-order valence-corrected chi connectivity index (χ4v) is 6.36. The van der Waals surface area contributed by atoms with E-state index in [-0.39, 0.29) is 25.6 Å². The predicted molar refractivity (Wildman–Crippen MR) is 99.3 cm³/mol. The molecule has 2 aromatic heterocycles. The van der Waals surface area contributed by atoms with Crippen molar-refractivity contribution in [3.8, 4) is 0 Å². The van der Waals surface area contributed by atoms with Gasteiger partial charge in [0.15, 0.2) is 5.69 Å². The number of carbonyl (C=O) groups excluding carboxylic acids is 1. The maximum Gasteiger partial charge on any atom is 0.287 e. The Morgan fingerprint density at radius 1 is 1.07 bits per heavy atom. The summed E-state index contributed by atoms with van der Waals surface area (Å²) < 4.78 is 56.8. The molecule has 0 atom stereocenters. The molecule has 0 saturated heterocycles. The molecule has 1 N–H and O–H groups in total. The van der Waals surface area contributed by atoms with Crippen LogP contribution in [-0.2, 0) is 19.9 Å². The average molecular weight is 439 g/mol. The number of rotatable bonds is 6. The Bertz CT molecular complexity index is 1240. The number of amides is 1. The molecule has 4 rings (SSSR count). The van der Waals surface area contributed by atoms with E-state index in [0.29, 0.717) is 17.1 Å². The second-order valence-corrected chi connectivity index (χ2v) is 11.0. The Morgan fingerprint density at radius 2 is 1.79 bits per heavy atom. The zero-order valence-corrected chi connectivity index (χ0v) is 16.7. The van der Waals surface area contributed by atoms with Crippen molar-refractivity contribution in [1.82, 2.24) is 9.88 Å². The van der Waals surface area contributed by atoms with Crippen molar-refractivity contribution in [2.24, 2.45) is 0 Å². The van der Waals surface area contributed by atoms with E-state index < -0.39 is 25.8 Å². The van der Waals surface area contributed by atoms with Gasteiger partial charge in [-0.05, 0) is 31.0 Å². The fourth-order valence-electron chi connectivity index (χ4n) is 2.50. The van der Waals surface area contributed by atoms with E-state index >= 15 is 0 Å². The van der Waals surface area contributed by atoms with Crippen LogP contribution in [-0.4, -0.2) is 27.9 Å². The van der Waals surface area contributed by atoms with E-state index in [4.69, 9.17) is 4.52 Å². The van der Waals surface area contributed by atoms with Gasteiger partial charge in [-0.2, -0.15) is 0 Å². The van der Waals surface area contributed by atoms with Gasteiger partial charge >= 0.3 is 0 Å². The number of hydrogen-bond acceptors (Lipinski definition) is 8. The van der Waals surface area contributed by atoms with Crippen LogP contribution in [0.5, 0.6) is 0 Å². The summed E-state index contributed by atoms with van der Waals surface area (Å²) in [6, 6.07) is 10.1. The largest absolute Gasteiger partial charge is 0.360 e. The highest BCUT2D eigenvalue weighted by molar-refractivity contribution is 7.93. The lowest BCUT2D eigenvalue weighted by Gasteiger charge is -2.03. The fraction of sp³-hybridized carbons (Fsp3) is 0.176. The highest BCUT2D eigenvalue weighted by atomic mass is 32.2. The van der Waals surface area contributed by atoms with E-state index in [0.717, 1.165) is 18.9 Å². The second kappa shape index (κ2) is 6.83. The summed E-state index contributed by atoms with van der Waals surface area (Å²) in [4.78, 5) is 12.1. The van der Waals surface area contributed by atoms with Gasteiger partial charge in [-0.3, -0.25) is 4.79 Å². The van der Waals surface area contributed by atoms with Crippen molar-refractivity contribution >= 4 is 37.1 Å². The van der Waals surface area contributed by atoms with Crippen molar-refractivity contribution in [1.29, 1.82) is 0 Å². The van der Waals surface area contributed by atoms with Gasteiger partial charge in [0, 0.05) is 17.4 Å². The summed E-state index contributed by atoms with van der Waals surface area (Å²) in [6.45, 7) is 0. The standard InChI is InChI=1S/C17H14N2O6S3/c20-17(14-9-15(25-18-14)11-6-7-11)19-28(23,24)16-8-13(10-26-16)27(21,22)12-4-2-1-3-5-12/h1-5,8-11H,6-7H2,(H,19,20). The quantitative estimate of drug-likeness (QED) is 0.627. The smallest absolute Gasteiger partial charge is 0.287 e. The summed E-state index contributed by atoms with van der Waals surface area (Å²) in [6.07, 6.45) is 1.89. The SMILES string of the molecule is O=C(NS(=O)(=O)c1cc(S(=O)(=O)c2ccccc2)cs1)c1cc(C2CC2)on1. The molecule has 3 aromatic rings. The third kappa shape index (κ3) is 3.60. The van der Waals surface area contributed by atoms with Crippen LogP contribution in [0.2, 0.25) is 0 Å². The van der Waals surface area contributed by atoms with Gasteiger partial charge in [-0.15, -0.1) is 11.3 Å². The molecule has 1 aromatic carbocycles. The minimum absolute atomic E-state index is 0.0518. The van der Waals surface area contributed by atoms with E-state index in [9.17, 15) is 21.6 Å². The number of benzene rings is 1. The Labute approximate surface area is 165 Å². The first-order chi connectivity index (χ1) is 13.3. The molecule has 1 aliphatic rings. The lowest BCUT2D eigenvalue weighted by molar-refractivity contribution is 0.0972. The number of hydrogen-bond donors (Lipinski definition) is 1. The lowest BCUT2D eigenvalue weighted by atomic mass is 10.3. The number of sulfone groups is 1. The van der Waals surface area contributed by atoms with Gasteiger partial charge < -0.3 is 4.52 Å². The highest BCUT2D eigenvalue weighted by Gasteiger charge is 2.30. The number of carbonyl (C=O) groups is 1.